The van der Waals surface area contributed by atoms with Gasteiger partial charge >= 0.3 is 11.7 Å². The van der Waals surface area contributed by atoms with Gasteiger partial charge in [-0.3, -0.25) is 15.0 Å². The highest BCUT2D eigenvalue weighted by Crippen LogP contribution is 2.37. The molecule has 1 atom stereocenters. The van der Waals surface area contributed by atoms with Gasteiger partial charge in [-0.15, -0.1) is 0 Å². The molecule has 0 saturated heterocycles. The highest BCUT2D eigenvalue weighted by molar-refractivity contribution is 7.80. The molecule has 0 amide bonds. The Labute approximate surface area is 195 Å². The van der Waals surface area contributed by atoms with Crippen LogP contribution in [0, 0.1) is 10.1 Å². The first-order valence-electron chi connectivity index (χ1n) is 9.87. The quantitative estimate of drug-likeness (QED) is 0.194. The highest BCUT2D eigenvalue weighted by atomic mass is 32.1. The maximum absolute atomic E-state index is 13.1. The van der Waals surface area contributed by atoms with E-state index in [4.69, 9.17) is 26.4 Å². The van der Waals surface area contributed by atoms with E-state index in [1.54, 1.807) is 43.2 Å². The van der Waals surface area contributed by atoms with E-state index >= 15 is 0 Å². The molecule has 0 radical (unpaired) electrons. The van der Waals surface area contributed by atoms with Gasteiger partial charge in [0.1, 0.15) is 12.4 Å². The molecular weight excluding hydrogens is 450 g/mol. The largest absolute Gasteiger partial charge is 0.502 e. The van der Waals surface area contributed by atoms with Crippen LogP contribution < -0.4 is 15.0 Å². The maximum atomic E-state index is 13.1. The second kappa shape index (κ2) is 10.3. The number of benzene rings is 2. The van der Waals surface area contributed by atoms with Crippen molar-refractivity contribution in [2.24, 2.45) is 0 Å². The Kier molecular flexibility index (Phi) is 7.46. The van der Waals surface area contributed by atoms with Crippen molar-refractivity contribution in [3.8, 4) is 11.5 Å². The molecule has 2 N–H and O–H groups in total. The van der Waals surface area contributed by atoms with Gasteiger partial charge in [0.05, 0.1) is 30.3 Å². The normalized spacial score (nSPS) is 15.8. The number of rotatable bonds is 8. The van der Waals surface area contributed by atoms with Crippen molar-refractivity contribution in [3.05, 3.63) is 69.4 Å². The van der Waals surface area contributed by atoms with E-state index in [0.717, 1.165) is 0 Å². The van der Waals surface area contributed by atoms with Gasteiger partial charge < -0.3 is 24.6 Å². The predicted octanol–water partition coefficient (Wildman–Crippen LogP) is 3.21. The van der Waals surface area contributed by atoms with Gasteiger partial charge in [0.25, 0.3) is 0 Å². The van der Waals surface area contributed by atoms with Crippen LogP contribution in [-0.4, -0.2) is 48.5 Å². The van der Waals surface area contributed by atoms with Crippen LogP contribution >= 0.6 is 12.2 Å². The number of phenolic OH excluding ortho intramolecular Hbond substituents is 1. The van der Waals surface area contributed by atoms with Crippen LogP contribution in [0.2, 0.25) is 0 Å². The summed E-state index contributed by atoms with van der Waals surface area (Å²) in [6.07, 6.45) is 0. The predicted molar refractivity (Wildman–Crippen MR) is 124 cm³/mol. The van der Waals surface area contributed by atoms with Gasteiger partial charge in [-0.1, -0.05) is 6.07 Å². The summed E-state index contributed by atoms with van der Waals surface area (Å²) >= 11 is 5.57. The molecule has 0 bridgehead atoms. The fourth-order valence-corrected chi connectivity index (χ4v) is 3.82. The third-order valence-corrected chi connectivity index (χ3v) is 5.39. The van der Waals surface area contributed by atoms with Crippen molar-refractivity contribution in [1.82, 2.24) is 5.32 Å². The number of carbonyl (C=O) groups is 1. The van der Waals surface area contributed by atoms with Crippen LogP contribution in [0.4, 0.5) is 11.4 Å². The Bertz CT molecular complexity index is 1100. The molecule has 2 aromatic carbocycles. The average molecular weight is 474 g/mol. The van der Waals surface area contributed by atoms with Crippen LogP contribution in [0.5, 0.6) is 11.5 Å². The smallest absolute Gasteiger partial charge is 0.338 e. The number of aromatic hydroxyl groups is 1. The Morgan fingerprint density at radius 3 is 2.52 bits per heavy atom. The number of phenols is 1. The number of nitrogens with one attached hydrogen (secondary N) is 1. The molecule has 3 rings (SSSR count). The molecule has 0 spiro atoms. The lowest BCUT2D eigenvalue weighted by atomic mass is 9.94. The Balaban J connectivity index is 2.10. The minimum atomic E-state index is -0.832. The molecule has 10 nitrogen and oxygen atoms in total. The lowest BCUT2D eigenvalue weighted by Crippen LogP contribution is -2.48. The first-order chi connectivity index (χ1) is 15.8. The van der Waals surface area contributed by atoms with E-state index in [0.29, 0.717) is 22.7 Å². The van der Waals surface area contributed by atoms with E-state index in [-0.39, 0.29) is 23.9 Å². The van der Waals surface area contributed by atoms with Gasteiger partial charge in [-0.05, 0) is 55.0 Å². The van der Waals surface area contributed by atoms with Gasteiger partial charge in [0, 0.05) is 24.6 Å². The molecule has 1 heterocycles. The number of hydrogen-bond donors (Lipinski definition) is 2. The maximum Gasteiger partial charge on any atom is 0.338 e. The number of nitro groups is 1. The lowest BCUT2D eigenvalue weighted by molar-refractivity contribution is -0.385. The molecule has 0 aromatic heterocycles. The van der Waals surface area contributed by atoms with E-state index in [1.165, 1.54) is 25.3 Å². The average Bonchev–Trinajstić information content (AvgIpc) is 2.79. The first-order valence-corrected chi connectivity index (χ1v) is 10.3. The fourth-order valence-electron chi connectivity index (χ4n) is 3.46. The highest BCUT2D eigenvalue weighted by Gasteiger charge is 2.36. The fraction of sp³-hybridized carbons (Fsp3) is 0.273. The van der Waals surface area contributed by atoms with Crippen molar-refractivity contribution >= 4 is 34.7 Å². The van der Waals surface area contributed by atoms with E-state index < -0.39 is 28.4 Å². The number of methoxy groups -OCH3 is 2. The van der Waals surface area contributed by atoms with E-state index in [1.807, 2.05) is 0 Å². The monoisotopic (exact) mass is 473 g/mol. The van der Waals surface area contributed by atoms with Gasteiger partial charge in [0.2, 0.25) is 0 Å². The number of ether oxygens (including phenoxy) is 3. The van der Waals surface area contributed by atoms with Crippen LogP contribution in [0.15, 0.2) is 53.7 Å². The molecule has 1 unspecified atom stereocenters. The van der Waals surface area contributed by atoms with Crippen LogP contribution in [0.1, 0.15) is 18.5 Å². The van der Waals surface area contributed by atoms with E-state index in [2.05, 4.69) is 5.32 Å². The number of nitrogens with zero attached hydrogens (tertiary/aromatic N) is 2. The van der Waals surface area contributed by atoms with Crippen LogP contribution in [0.25, 0.3) is 0 Å². The molecule has 0 saturated carbocycles. The Hall–Kier alpha value is -3.70. The molecule has 0 fully saturated rings. The minimum absolute atomic E-state index is 0.0293. The van der Waals surface area contributed by atoms with Gasteiger partial charge in [-0.2, -0.15) is 0 Å². The molecule has 2 aromatic rings. The minimum Gasteiger partial charge on any atom is -0.502 e. The molecule has 1 aliphatic rings. The van der Waals surface area contributed by atoms with Crippen LogP contribution in [0.3, 0.4) is 0 Å². The van der Waals surface area contributed by atoms with Gasteiger partial charge in [0.15, 0.2) is 10.9 Å². The lowest BCUT2D eigenvalue weighted by Gasteiger charge is -2.37. The molecular formula is C22H23N3O7S. The summed E-state index contributed by atoms with van der Waals surface area (Å²) in [6, 6.07) is 10.2. The molecule has 1 aliphatic heterocycles. The van der Waals surface area contributed by atoms with Crippen molar-refractivity contribution < 1.29 is 29.0 Å². The number of nitro benzene ring substituents is 1. The number of allylic oxidation sites excluding steroid dienone is 1. The molecule has 11 heteroatoms. The number of anilines is 1. The summed E-state index contributed by atoms with van der Waals surface area (Å²) in [4.78, 5) is 25.4. The number of hydrogen-bond acceptors (Lipinski definition) is 8. The summed E-state index contributed by atoms with van der Waals surface area (Å²) in [7, 11) is 3.05. The number of esters is 1. The van der Waals surface area contributed by atoms with Crippen molar-refractivity contribution in [2.75, 3.05) is 32.3 Å². The summed E-state index contributed by atoms with van der Waals surface area (Å²) in [5.41, 5.74) is 1.28. The van der Waals surface area contributed by atoms with Crippen LogP contribution in [-0.2, 0) is 14.3 Å². The summed E-state index contributed by atoms with van der Waals surface area (Å²) in [6.45, 7) is 1.95. The van der Waals surface area contributed by atoms with Crippen molar-refractivity contribution in [3.63, 3.8) is 0 Å². The summed E-state index contributed by atoms with van der Waals surface area (Å²) < 4.78 is 15.5. The standard InChI is InChI=1S/C22H23N3O7S/c1-13-19(21(27)32-11-10-30-2)20(14-4-9-18(26)17(12-14)25(28)29)23-22(33)24(13)15-5-7-16(31-3)8-6-15/h4-9,12,20,26H,10-11H2,1-3H3,(H,23,33). The third kappa shape index (κ3) is 5.04. The van der Waals surface area contributed by atoms with Crippen molar-refractivity contribution in [1.29, 1.82) is 0 Å². The summed E-state index contributed by atoms with van der Waals surface area (Å²) in [5, 5.41) is 24.5. The zero-order valence-corrected chi connectivity index (χ0v) is 19.0. The molecule has 33 heavy (non-hydrogen) atoms. The SMILES string of the molecule is COCCOC(=O)C1=C(C)N(c2ccc(OC)cc2)C(=S)NC1c1ccc(O)c([N+](=O)[O-])c1. The topological polar surface area (TPSA) is 123 Å². The Morgan fingerprint density at radius 1 is 1.21 bits per heavy atom. The van der Waals surface area contributed by atoms with Gasteiger partial charge in [-0.25, -0.2) is 4.79 Å². The first kappa shape index (κ1) is 24.0. The van der Waals surface area contributed by atoms with E-state index in [9.17, 15) is 20.0 Å². The number of thiocarbonyl (C=S) groups is 1. The molecule has 174 valence electrons. The zero-order valence-electron chi connectivity index (χ0n) is 18.2. The second-order valence-electron chi connectivity index (χ2n) is 7.05. The second-order valence-corrected chi connectivity index (χ2v) is 7.44. The number of carbonyl (C=O) groups excluding carboxylic acids is 1. The Morgan fingerprint density at radius 2 is 1.91 bits per heavy atom. The molecule has 0 aliphatic carbocycles. The zero-order chi connectivity index (χ0) is 24.1. The summed E-state index contributed by atoms with van der Waals surface area (Å²) in [5.74, 6) is -0.449. The third-order valence-electron chi connectivity index (χ3n) is 5.09. The van der Waals surface area contributed by atoms with Crippen molar-refractivity contribution in [2.45, 2.75) is 13.0 Å².